The summed E-state index contributed by atoms with van der Waals surface area (Å²) in [5.74, 6) is -1.59. The Labute approximate surface area is 306 Å². The molecule has 0 radical (unpaired) electrons. The number of rotatable bonds is 13. The number of amides is 2. The van der Waals surface area contributed by atoms with Gasteiger partial charge in [-0.05, 0) is 67.0 Å². The number of methoxy groups -OCH3 is 1. The number of hydrogen-bond acceptors (Lipinski definition) is 10. The summed E-state index contributed by atoms with van der Waals surface area (Å²) in [5.41, 5.74) is 3.39. The zero-order chi connectivity index (χ0) is 37.1. The Morgan fingerprint density at radius 1 is 0.943 bits per heavy atom. The normalized spacial score (nSPS) is 20.1. The average molecular weight is 720 g/mol. The molecule has 13 nitrogen and oxygen atoms in total. The Morgan fingerprint density at radius 3 is 2.32 bits per heavy atom. The summed E-state index contributed by atoms with van der Waals surface area (Å²) in [4.78, 5) is 47.8. The Balaban J connectivity index is 1.17. The number of imide groups is 1. The first-order chi connectivity index (χ1) is 25.7. The van der Waals surface area contributed by atoms with Gasteiger partial charge in [0, 0.05) is 18.8 Å². The number of aliphatic carboxylic acids is 1. The Bertz CT molecular complexity index is 2050. The molecule has 5 aromatic rings. The molecule has 4 heterocycles. The van der Waals surface area contributed by atoms with Gasteiger partial charge in [0.1, 0.15) is 17.7 Å². The summed E-state index contributed by atoms with van der Waals surface area (Å²) in [6.45, 7) is 1.92. The average Bonchev–Trinajstić information content (AvgIpc) is 3.80. The predicted molar refractivity (Wildman–Crippen MR) is 193 cm³/mol. The number of benzene rings is 3. The van der Waals surface area contributed by atoms with Crippen molar-refractivity contribution in [2.45, 2.75) is 70.0 Å². The second-order valence-corrected chi connectivity index (χ2v) is 13.4. The number of aliphatic hydroxyl groups excluding tert-OH is 1. The fraction of sp³-hybridized carbons (Fsp3) is 0.350. The number of ether oxygens (including phenoxy) is 3. The minimum atomic E-state index is -1.03. The van der Waals surface area contributed by atoms with E-state index in [0.29, 0.717) is 41.7 Å². The first-order valence-corrected chi connectivity index (χ1v) is 17.7. The lowest BCUT2D eigenvalue weighted by molar-refractivity contribution is -0.137. The minimum Gasteiger partial charge on any atom is -0.497 e. The summed E-state index contributed by atoms with van der Waals surface area (Å²) in [6, 6.07) is 25.5. The standard InChI is InChI=1S/C40H41N5O8/c1-25-36-37(44-33(47)19-10-27(39(44)50)11-21-35(48)49)41-24-42-38(36)45(43-25)34-20-18-32(53-34)23-52-40(28-6-4-3-5-7-28,29-12-8-26(22-46)9-13-29)30-14-16-31(51-2)17-15-30/h3-9,12-17,24,27,32,34,46H,10-11,18-23H2,1-2H3,(H,48,49)/t27?,32-,34+,40?/m0/s1. The molecule has 0 spiro atoms. The van der Waals surface area contributed by atoms with Gasteiger partial charge in [0.15, 0.2) is 17.7 Å². The summed E-state index contributed by atoms with van der Waals surface area (Å²) in [5, 5.41) is 24.2. The maximum absolute atomic E-state index is 13.5. The number of aliphatic hydroxyl groups is 1. The molecule has 0 bridgehead atoms. The second-order valence-electron chi connectivity index (χ2n) is 13.4. The maximum Gasteiger partial charge on any atom is 0.303 e. The van der Waals surface area contributed by atoms with Gasteiger partial charge in [0.25, 0.3) is 0 Å². The van der Waals surface area contributed by atoms with E-state index in [1.807, 2.05) is 78.9 Å². The van der Waals surface area contributed by atoms with E-state index in [4.69, 9.17) is 19.3 Å². The van der Waals surface area contributed by atoms with E-state index >= 15 is 0 Å². The van der Waals surface area contributed by atoms with Gasteiger partial charge in [-0.15, -0.1) is 0 Å². The number of carboxylic acids is 1. The highest BCUT2D eigenvalue weighted by atomic mass is 16.6. The van der Waals surface area contributed by atoms with Gasteiger partial charge in [0.05, 0.1) is 37.5 Å². The van der Waals surface area contributed by atoms with Crippen LogP contribution in [-0.2, 0) is 36.1 Å². The molecule has 2 fully saturated rings. The molecule has 2 unspecified atom stereocenters. The maximum atomic E-state index is 13.5. The van der Waals surface area contributed by atoms with E-state index in [-0.39, 0.29) is 44.4 Å². The Morgan fingerprint density at radius 2 is 1.64 bits per heavy atom. The van der Waals surface area contributed by atoms with Crippen molar-refractivity contribution in [3.63, 3.8) is 0 Å². The molecule has 53 heavy (non-hydrogen) atoms. The van der Waals surface area contributed by atoms with Crippen molar-refractivity contribution in [2.75, 3.05) is 18.6 Å². The molecule has 274 valence electrons. The molecule has 0 saturated carbocycles. The van der Waals surface area contributed by atoms with Crippen LogP contribution in [0.4, 0.5) is 5.82 Å². The van der Waals surface area contributed by atoms with Gasteiger partial charge < -0.3 is 24.4 Å². The quantitative estimate of drug-likeness (QED) is 0.117. The number of hydrogen-bond donors (Lipinski definition) is 2. The number of anilines is 1. The topological polar surface area (TPSA) is 166 Å². The number of carbonyl (C=O) groups excluding carboxylic acids is 2. The number of carboxylic acid groups (broad SMARTS) is 1. The third-order valence-electron chi connectivity index (χ3n) is 10.2. The van der Waals surface area contributed by atoms with Crippen molar-refractivity contribution in [3.8, 4) is 5.75 Å². The molecule has 4 atom stereocenters. The number of aryl methyl sites for hydroxylation is 1. The molecule has 2 amide bonds. The zero-order valence-corrected chi connectivity index (χ0v) is 29.6. The van der Waals surface area contributed by atoms with Crippen LogP contribution in [0.5, 0.6) is 5.75 Å². The Kier molecular flexibility index (Phi) is 10.3. The van der Waals surface area contributed by atoms with E-state index in [1.165, 1.54) is 6.33 Å². The summed E-state index contributed by atoms with van der Waals surface area (Å²) in [6.07, 6.45) is 2.12. The molecular weight excluding hydrogens is 678 g/mol. The van der Waals surface area contributed by atoms with Crippen LogP contribution >= 0.6 is 0 Å². The van der Waals surface area contributed by atoms with Gasteiger partial charge in [-0.25, -0.2) is 19.5 Å². The number of carbonyl (C=O) groups is 3. The van der Waals surface area contributed by atoms with Crippen LogP contribution in [0.15, 0.2) is 85.2 Å². The third-order valence-corrected chi connectivity index (χ3v) is 10.2. The Hall–Kier alpha value is -5.50. The minimum absolute atomic E-state index is 0.0781. The van der Waals surface area contributed by atoms with Gasteiger partial charge >= 0.3 is 5.97 Å². The van der Waals surface area contributed by atoms with Gasteiger partial charge in [0.2, 0.25) is 11.8 Å². The van der Waals surface area contributed by atoms with E-state index in [9.17, 15) is 24.6 Å². The highest BCUT2D eigenvalue weighted by Gasteiger charge is 2.41. The molecule has 2 aliphatic rings. The molecule has 2 N–H and O–H groups in total. The van der Waals surface area contributed by atoms with Crippen LogP contribution in [0.3, 0.4) is 0 Å². The molecule has 2 saturated heterocycles. The van der Waals surface area contributed by atoms with Crippen LogP contribution in [0.2, 0.25) is 0 Å². The predicted octanol–water partition coefficient (Wildman–Crippen LogP) is 5.46. The fourth-order valence-corrected chi connectivity index (χ4v) is 7.42. The second kappa shape index (κ2) is 15.2. The van der Waals surface area contributed by atoms with Crippen molar-refractivity contribution in [3.05, 3.63) is 113 Å². The zero-order valence-electron chi connectivity index (χ0n) is 29.6. The van der Waals surface area contributed by atoms with E-state index < -0.39 is 35.5 Å². The monoisotopic (exact) mass is 719 g/mol. The van der Waals surface area contributed by atoms with Crippen molar-refractivity contribution in [2.24, 2.45) is 5.92 Å². The third kappa shape index (κ3) is 6.90. The number of nitrogens with zero attached hydrogens (tertiary/aromatic N) is 5. The van der Waals surface area contributed by atoms with Gasteiger partial charge in [-0.2, -0.15) is 5.10 Å². The van der Waals surface area contributed by atoms with Crippen LogP contribution in [0, 0.1) is 12.8 Å². The molecule has 3 aromatic carbocycles. The van der Waals surface area contributed by atoms with Crippen LogP contribution in [-0.4, -0.2) is 67.6 Å². The first-order valence-electron chi connectivity index (χ1n) is 17.7. The molecule has 0 aliphatic carbocycles. The fourth-order valence-electron chi connectivity index (χ4n) is 7.42. The lowest BCUT2D eigenvalue weighted by Gasteiger charge is -2.37. The molecule has 2 aliphatic heterocycles. The van der Waals surface area contributed by atoms with E-state index in [0.717, 1.165) is 27.2 Å². The molecule has 2 aromatic heterocycles. The largest absolute Gasteiger partial charge is 0.497 e. The number of piperidine rings is 1. The van der Waals surface area contributed by atoms with Crippen LogP contribution in [0.1, 0.15) is 72.7 Å². The molecule has 13 heteroatoms. The summed E-state index contributed by atoms with van der Waals surface area (Å²) < 4.78 is 20.8. The molecule has 7 rings (SSSR count). The highest BCUT2D eigenvalue weighted by molar-refractivity contribution is 6.19. The van der Waals surface area contributed by atoms with E-state index in [1.54, 1.807) is 18.7 Å². The van der Waals surface area contributed by atoms with Gasteiger partial charge in [-0.1, -0.05) is 66.7 Å². The summed E-state index contributed by atoms with van der Waals surface area (Å²) in [7, 11) is 1.63. The lowest BCUT2D eigenvalue weighted by atomic mass is 9.79. The number of fused-ring (bicyclic) bond motifs is 1. The van der Waals surface area contributed by atoms with Crippen molar-refractivity contribution in [1.29, 1.82) is 0 Å². The van der Waals surface area contributed by atoms with E-state index in [2.05, 4.69) is 9.97 Å². The highest BCUT2D eigenvalue weighted by Crippen LogP contribution is 2.43. The number of aromatic nitrogens is 4. The summed E-state index contributed by atoms with van der Waals surface area (Å²) >= 11 is 0. The lowest BCUT2D eigenvalue weighted by Crippen LogP contribution is -2.46. The van der Waals surface area contributed by atoms with Crippen molar-refractivity contribution in [1.82, 2.24) is 19.7 Å². The van der Waals surface area contributed by atoms with Crippen molar-refractivity contribution >= 4 is 34.6 Å². The molecular formula is C40H41N5O8. The SMILES string of the molecule is COc1ccc(C(OC[C@@H]2CC[C@H](n3nc(C)c4c(N5C(=O)CCC(CCC(=O)O)C5=O)ncnc43)O2)(c2ccccc2)c2ccc(CO)cc2)cc1. The smallest absolute Gasteiger partial charge is 0.303 e. The van der Waals surface area contributed by atoms with Crippen molar-refractivity contribution < 1.29 is 38.8 Å². The van der Waals surface area contributed by atoms with Crippen LogP contribution in [0.25, 0.3) is 11.0 Å². The van der Waals surface area contributed by atoms with Crippen LogP contribution < -0.4 is 9.64 Å². The first kappa shape index (κ1) is 35.9. The van der Waals surface area contributed by atoms with Gasteiger partial charge in [-0.3, -0.25) is 14.4 Å².